The largest absolute Gasteiger partial charge is 0.353 e. The normalized spacial score (nSPS) is 17.1. The summed E-state index contributed by atoms with van der Waals surface area (Å²) < 4.78 is 0. The van der Waals surface area contributed by atoms with Crippen LogP contribution >= 0.6 is 0 Å². The Kier molecular flexibility index (Phi) is 2.90. The molecule has 1 aliphatic rings. The predicted octanol–water partition coefficient (Wildman–Crippen LogP) is -0.655. The van der Waals surface area contributed by atoms with E-state index in [9.17, 15) is 0 Å². The first kappa shape index (κ1) is 9.36. The van der Waals surface area contributed by atoms with Crippen molar-refractivity contribution < 1.29 is 0 Å². The van der Waals surface area contributed by atoms with Gasteiger partial charge in [-0.1, -0.05) is 0 Å². The summed E-state index contributed by atoms with van der Waals surface area (Å²) >= 11 is 0. The lowest BCUT2D eigenvalue weighted by molar-refractivity contribution is 0.584. The standard InChI is InChI=1S/C9H15N5/c10-5-8-6-13-9(7-12-8)14-3-1-11-2-4-14/h6-7,11H,1-5,10H2. The van der Waals surface area contributed by atoms with E-state index in [1.54, 1.807) is 12.4 Å². The van der Waals surface area contributed by atoms with Crippen LogP contribution < -0.4 is 16.0 Å². The third kappa shape index (κ3) is 2.00. The van der Waals surface area contributed by atoms with Crippen LogP contribution in [0.2, 0.25) is 0 Å². The van der Waals surface area contributed by atoms with Crippen LogP contribution in [0.15, 0.2) is 12.4 Å². The van der Waals surface area contributed by atoms with Gasteiger partial charge in [0.25, 0.3) is 0 Å². The fourth-order valence-electron chi connectivity index (χ4n) is 1.51. The second-order valence-electron chi connectivity index (χ2n) is 3.31. The number of hydrogen-bond donors (Lipinski definition) is 2. The minimum Gasteiger partial charge on any atom is -0.353 e. The number of nitrogens with zero attached hydrogens (tertiary/aromatic N) is 3. The van der Waals surface area contributed by atoms with Crippen molar-refractivity contribution in [2.45, 2.75) is 6.54 Å². The monoisotopic (exact) mass is 193 g/mol. The van der Waals surface area contributed by atoms with E-state index in [1.165, 1.54) is 0 Å². The highest BCUT2D eigenvalue weighted by Crippen LogP contribution is 2.08. The molecule has 1 aromatic heterocycles. The molecular formula is C9H15N5. The lowest BCUT2D eigenvalue weighted by Gasteiger charge is -2.27. The van der Waals surface area contributed by atoms with Crippen molar-refractivity contribution in [1.82, 2.24) is 15.3 Å². The molecule has 76 valence electrons. The van der Waals surface area contributed by atoms with Crippen LogP contribution in [0, 0.1) is 0 Å². The molecule has 1 aliphatic heterocycles. The minimum atomic E-state index is 0.453. The third-order valence-corrected chi connectivity index (χ3v) is 2.34. The Hall–Kier alpha value is -1.20. The summed E-state index contributed by atoms with van der Waals surface area (Å²) in [6, 6.07) is 0. The Morgan fingerprint density at radius 3 is 2.64 bits per heavy atom. The quantitative estimate of drug-likeness (QED) is 0.653. The number of nitrogens with one attached hydrogen (secondary N) is 1. The van der Waals surface area contributed by atoms with Gasteiger partial charge >= 0.3 is 0 Å². The molecule has 0 aliphatic carbocycles. The van der Waals surface area contributed by atoms with Gasteiger partial charge in [0.15, 0.2) is 0 Å². The second-order valence-corrected chi connectivity index (χ2v) is 3.31. The van der Waals surface area contributed by atoms with E-state index < -0.39 is 0 Å². The van der Waals surface area contributed by atoms with Crippen molar-refractivity contribution in [3.63, 3.8) is 0 Å². The van der Waals surface area contributed by atoms with Gasteiger partial charge in [0.2, 0.25) is 0 Å². The van der Waals surface area contributed by atoms with Crippen LogP contribution in [0.25, 0.3) is 0 Å². The van der Waals surface area contributed by atoms with Crippen molar-refractivity contribution >= 4 is 5.82 Å². The van der Waals surface area contributed by atoms with Crippen LogP contribution in [0.5, 0.6) is 0 Å². The molecule has 2 rings (SSSR count). The molecule has 0 aromatic carbocycles. The van der Waals surface area contributed by atoms with Crippen molar-refractivity contribution in [3.8, 4) is 0 Å². The molecule has 14 heavy (non-hydrogen) atoms. The molecule has 0 atom stereocenters. The van der Waals surface area contributed by atoms with Crippen molar-refractivity contribution in [3.05, 3.63) is 18.1 Å². The average Bonchev–Trinajstić information content (AvgIpc) is 2.30. The van der Waals surface area contributed by atoms with Gasteiger partial charge < -0.3 is 16.0 Å². The Bertz CT molecular complexity index is 278. The molecular weight excluding hydrogens is 178 g/mol. The molecule has 1 aromatic rings. The second kappa shape index (κ2) is 4.34. The Balaban J connectivity index is 2.07. The van der Waals surface area contributed by atoms with Gasteiger partial charge in [-0.2, -0.15) is 0 Å². The van der Waals surface area contributed by atoms with Gasteiger partial charge in [0.1, 0.15) is 5.82 Å². The Morgan fingerprint density at radius 1 is 1.29 bits per heavy atom. The van der Waals surface area contributed by atoms with Crippen LogP contribution in [-0.2, 0) is 6.54 Å². The SMILES string of the molecule is NCc1cnc(N2CCNCC2)cn1. The molecule has 2 heterocycles. The molecule has 0 spiro atoms. The van der Waals surface area contributed by atoms with Crippen LogP contribution in [0.4, 0.5) is 5.82 Å². The van der Waals surface area contributed by atoms with E-state index in [2.05, 4.69) is 20.2 Å². The molecule has 5 heteroatoms. The molecule has 3 N–H and O–H groups in total. The molecule has 0 radical (unpaired) electrons. The van der Waals surface area contributed by atoms with E-state index >= 15 is 0 Å². The zero-order valence-electron chi connectivity index (χ0n) is 8.11. The zero-order valence-corrected chi connectivity index (χ0v) is 8.11. The number of piperazine rings is 1. The van der Waals surface area contributed by atoms with Crippen molar-refractivity contribution in [1.29, 1.82) is 0 Å². The maximum absolute atomic E-state index is 5.45. The zero-order chi connectivity index (χ0) is 9.80. The van der Waals surface area contributed by atoms with Crippen LogP contribution in [0.1, 0.15) is 5.69 Å². The van der Waals surface area contributed by atoms with Gasteiger partial charge in [-0.25, -0.2) is 4.98 Å². The maximum atomic E-state index is 5.45. The Morgan fingerprint density at radius 2 is 2.07 bits per heavy atom. The Labute approximate surface area is 83.3 Å². The number of nitrogens with two attached hydrogens (primary N) is 1. The van der Waals surface area contributed by atoms with E-state index in [-0.39, 0.29) is 0 Å². The third-order valence-electron chi connectivity index (χ3n) is 2.34. The average molecular weight is 193 g/mol. The van der Waals surface area contributed by atoms with E-state index in [0.717, 1.165) is 37.7 Å². The molecule has 1 fully saturated rings. The minimum absolute atomic E-state index is 0.453. The predicted molar refractivity (Wildman–Crippen MR) is 55.0 cm³/mol. The van der Waals surface area contributed by atoms with E-state index in [0.29, 0.717) is 6.54 Å². The number of anilines is 1. The lowest BCUT2D eigenvalue weighted by Crippen LogP contribution is -2.43. The summed E-state index contributed by atoms with van der Waals surface area (Å²) in [7, 11) is 0. The van der Waals surface area contributed by atoms with Gasteiger partial charge in [0, 0.05) is 32.7 Å². The topological polar surface area (TPSA) is 67.1 Å². The first-order chi connectivity index (χ1) is 6.90. The molecule has 0 amide bonds. The van der Waals surface area contributed by atoms with E-state index in [4.69, 9.17) is 5.73 Å². The first-order valence-electron chi connectivity index (χ1n) is 4.87. The number of aromatic nitrogens is 2. The van der Waals surface area contributed by atoms with E-state index in [1.807, 2.05) is 0 Å². The van der Waals surface area contributed by atoms with Gasteiger partial charge in [-0.3, -0.25) is 4.98 Å². The van der Waals surface area contributed by atoms with Gasteiger partial charge in [0.05, 0.1) is 18.1 Å². The highest BCUT2D eigenvalue weighted by Gasteiger charge is 2.11. The molecule has 0 bridgehead atoms. The summed E-state index contributed by atoms with van der Waals surface area (Å²) in [5.74, 6) is 0.948. The summed E-state index contributed by atoms with van der Waals surface area (Å²) in [4.78, 5) is 10.8. The molecule has 1 saturated heterocycles. The maximum Gasteiger partial charge on any atom is 0.147 e. The fourth-order valence-corrected chi connectivity index (χ4v) is 1.51. The summed E-state index contributed by atoms with van der Waals surface area (Å²) in [5, 5.41) is 3.30. The summed E-state index contributed by atoms with van der Waals surface area (Å²) in [6.45, 7) is 4.47. The smallest absolute Gasteiger partial charge is 0.147 e. The van der Waals surface area contributed by atoms with Crippen LogP contribution in [0.3, 0.4) is 0 Å². The van der Waals surface area contributed by atoms with Crippen molar-refractivity contribution in [2.24, 2.45) is 5.73 Å². The van der Waals surface area contributed by atoms with Crippen molar-refractivity contribution in [2.75, 3.05) is 31.1 Å². The van der Waals surface area contributed by atoms with Gasteiger partial charge in [-0.05, 0) is 0 Å². The molecule has 0 unspecified atom stereocenters. The van der Waals surface area contributed by atoms with Gasteiger partial charge in [-0.15, -0.1) is 0 Å². The highest BCUT2D eigenvalue weighted by molar-refractivity contribution is 5.36. The lowest BCUT2D eigenvalue weighted by atomic mass is 10.3. The molecule has 5 nitrogen and oxygen atoms in total. The summed E-state index contributed by atoms with van der Waals surface area (Å²) in [5.41, 5.74) is 6.29. The number of rotatable bonds is 2. The first-order valence-corrected chi connectivity index (χ1v) is 4.87. The molecule has 0 saturated carbocycles. The number of hydrogen-bond acceptors (Lipinski definition) is 5. The van der Waals surface area contributed by atoms with Crippen LogP contribution in [-0.4, -0.2) is 36.1 Å². The fraction of sp³-hybridized carbons (Fsp3) is 0.556. The summed E-state index contributed by atoms with van der Waals surface area (Å²) in [6.07, 6.45) is 3.55. The highest BCUT2D eigenvalue weighted by atomic mass is 15.2.